The molecule has 4 heteroatoms. The summed E-state index contributed by atoms with van der Waals surface area (Å²) in [4.78, 5) is 2.48. The number of piperazine rings is 1. The van der Waals surface area contributed by atoms with Gasteiger partial charge in [-0.3, -0.25) is 0 Å². The Bertz CT molecular complexity index is 721. The monoisotopic (exact) mass is 342 g/mol. The normalized spacial score (nSPS) is 15.8. The highest BCUT2D eigenvalue weighted by molar-refractivity contribution is 5.91. The van der Waals surface area contributed by atoms with Crippen LogP contribution in [0.4, 0.5) is 0 Å². The van der Waals surface area contributed by atoms with Crippen molar-refractivity contribution in [3.8, 4) is 11.5 Å². The maximum atomic E-state index is 10.4. The molecule has 4 nitrogen and oxygen atoms in total. The molecule has 0 aliphatic carbocycles. The lowest BCUT2D eigenvalue weighted by Crippen LogP contribution is -2.43. The van der Waals surface area contributed by atoms with Gasteiger partial charge in [0, 0.05) is 38.1 Å². The van der Waals surface area contributed by atoms with E-state index in [1.54, 1.807) is 0 Å². The molecule has 0 amide bonds. The first kappa shape index (κ1) is 18.0. The van der Waals surface area contributed by atoms with Gasteiger partial charge in [-0.15, -0.1) is 0 Å². The number of phenolic OH excluding ortho intramolecular Hbond substituents is 1. The molecule has 0 unspecified atom stereocenters. The molecule has 0 spiro atoms. The molecule has 1 aliphatic rings. The second-order valence-electron chi connectivity index (χ2n) is 7.29. The largest absolute Gasteiger partial charge is 0.508 e. The number of aromatic hydroxyl groups is 1. The maximum absolute atomic E-state index is 10.4. The minimum atomic E-state index is 0.300. The summed E-state index contributed by atoms with van der Waals surface area (Å²) in [6.45, 7) is 12.5. The molecule has 0 atom stereocenters. The number of aryl methyl sites for hydroxylation is 1. The van der Waals surface area contributed by atoms with Crippen LogP contribution in [0.5, 0.6) is 11.5 Å². The van der Waals surface area contributed by atoms with Crippen LogP contribution in [-0.2, 0) is 0 Å². The molecule has 1 heterocycles. The number of nitrogens with one attached hydrogen (secondary N) is 1. The van der Waals surface area contributed by atoms with Crippen molar-refractivity contribution < 1.29 is 9.84 Å². The second-order valence-corrected chi connectivity index (χ2v) is 7.29. The third kappa shape index (κ3) is 4.25. The minimum Gasteiger partial charge on any atom is -0.508 e. The number of rotatable bonds is 6. The van der Waals surface area contributed by atoms with Crippen molar-refractivity contribution in [1.29, 1.82) is 0 Å². The molecule has 1 saturated heterocycles. The van der Waals surface area contributed by atoms with Crippen LogP contribution < -0.4 is 10.1 Å². The van der Waals surface area contributed by atoms with Crippen molar-refractivity contribution in [1.82, 2.24) is 10.2 Å². The van der Waals surface area contributed by atoms with Gasteiger partial charge in [-0.25, -0.2) is 0 Å². The van der Waals surface area contributed by atoms with E-state index in [1.165, 1.54) is 0 Å². The first-order valence-corrected chi connectivity index (χ1v) is 9.38. The zero-order valence-corrected chi connectivity index (χ0v) is 15.6. The molecule has 136 valence electrons. The minimum absolute atomic E-state index is 0.300. The summed E-state index contributed by atoms with van der Waals surface area (Å²) >= 11 is 0. The Balaban J connectivity index is 1.71. The number of hydrogen-bond acceptors (Lipinski definition) is 4. The highest BCUT2D eigenvalue weighted by atomic mass is 16.5. The summed E-state index contributed by atoms with van der Waals surface area (Å²) in [6, 6.07) is 8.17. The molecular formula is C21H30N2O2. The van der Waals surface area contributed by atoms with Gasteiger partial charge in [0.1, 0.15) is 11.5 Å². The molecule has 2 aromatic carbocycles. The number of ether oxygens (including phenoxy) is 1. The Morgan fingerprint density at radius 1 is 1.20 bits per heavy atom. The number of hydrogen-bond donors (Lipinski definition) is 2. The van der Waals surface area contributed by atoms with Crippen molar-refractivity contribution in [2.24, 2.45) is 0 Å². The van der Waals surface area contributed by atoms with E-state index in [0.29, 0.717) is 18.3 Å². The first-order valence-electron chi connectivity index (χ1n) is 9.38. The van der Waals surface area contributed by atoms with E-state index in [1.807, 2.05) is 6.07 Å². The summed E-state index contributed by atoms with van der Waals surface area (Å²) in [6.07, 6.45) is 1.02. The molecule has 2 aromatic rings. The van der Waals surface area contributed by atoms with Gasteiger partial charge in [0.15, 0.2) is 0 Å². The predicted molar refractivity (Wildman–Crippen MR) is 104 cm³/mol. The third-order valence-electron chi connectivity index (χ3n) is 5.01. The fourth-order valence-electron chi connectivity index (χ4n) is 3.51. The van der Waals surface area contributed by atoms with Crippen LogP contribution in [0.15, 0.2) is 24.3 Å². The Morgan fingerprint density at radius 3 is 2.68 bits per heavy atom. The van der Waals surface area contributed by atoms with Crippen LogP contribution in [0.2, 0.25) is 0 Å². The van der Waals surface area contributed by atoms with E-state index < -0.39 is 0 Å². The molecule has 1 fully saturated rings. The van der Waals surface area contributed by atoms with Gasteiger partial charge in [0.2, 0.25) is 0 Å². The van der Waals surface area contributed by atoms with E-state index in [4.69, 9.17) is 4.74 Å². The van der Waals surface area contributed by atoms with Crippen molar-refractivity contribution in [3.63, 3.8) is 0 Å². The van der Waals surface area contributed by atoms with Gasteiger partial charge < -0.3 is 20.1 Å². The molecule has 0 radical (unpaired) electrons. The van der Waals surface area contributed by atoms with Crippen LogP contribution in [-0.4, -0.2) is 49.3 Å². The molecule has 0 bridgehead atoms. The van der Waals surface area contributed by atoms with Gasteiger partial charge in [-0.05, 0) is 47.9 Å². The predicted octanol–water partition coefficient (Wildman–Crippen LogP) is 3.65. The Kier molecular flexibility index (Phi) is 5.82. The number of nitrogens with zero attached hydrogens (tertiary/aromatic N) is 1. The SMILES string of the molecule is Cc1ccc2cc(C(C)C)c(O)cc2c1OCCCN1CCNCC1. The van der Waals surface area contributed by atoms with Crippen LogP contribution in [0, 0.1) is 6.92 Å². The molecule has 0 saturated carbocycles. The van der Waals surface area contributed by atoms with Crippen LogP contribution in [0.25, 0.3) is 10.8 Å². The Morgan fingerprint density at radius 2 is 1.96 bits per heavy atom. The molecule has 2 N–H and O–H groups in total. The highest BCUT2D eigenvalue weighted by Gasteiger charge is 2.13. The topological polar surface area (TPSA) is 44.7 Å². The van der Waals surface area contributed by atoms with Gasteiger partial charge in [0.05, 0.1) is 6.61 Å². The lowest BCUT2D eigenvalue weighted by molar-refractivity contribution is 0.214. The van der Waals surface area contributed by atoms with Crippen LogP contribution in [0.1, 0.15) is 37.3 Å². The second kappa shape index (κ2) is 8.07. The number of benzene rings is 2. The maximum Gasteiger partial charge on any atom is 0.130 e. The average molecular weight is 342 g/mol. The number of phenols is 1. The van der Waals surface area contributed by atoms with Gasteiger partial charge in [0.25, 0.3) is 0 Å². The van der Waals surface area contributed by atoms with E-state index in [0.717, 1.165) is 66.8 Å². The highest BCUT2D eigenvalue weighted by Crippen LogP contribution is 2.36. The van der Waals surface area contributed by atoms with Gasteiger partial charge >= 0.3 is 0 Å². The van der Waals surface area contributed by atoms with Crippen molar-refractivity contribution in [3.05, 3.63) is 35.4 Å². The summed E-state index contributed by atoms with van der Waals surface area (Å²) < 4.78 is 6.14. The van der Waals surface area contributed by atoms with E-state index in [2.05, 4.69) is 49.2 Å². The van der Waals surface area contributed by atoms with Gasteiger partial charge in [-0.2, -0.15) is 0 Å². The molecule has 25 heavy (non-hydrogen) atoms. The fourth-order valence-corrected chi connectivity index (χ4v) is 3.51. The van der Waals surface area contributed by atoms with Crippen molar-refractivity contribution in [2.75, 3.05) is 39.3 Å². The zero-order chi connectivity index (χ0) is 17.8. The van der Waals surface area contributed by atoms with E-state index in [-0.39, 0.29) is 0 Å². The number of fused-ring (bicyclic) bond motifs is 1. The zero-order valence-electron chi connectivity index (χ0n) is 15.6. The summed E-state index contributed by atoms with van der Waals surface area (Å²) in [5.74, 6) is 1.57. The van der Waals surface area contributed by atoms with Crippen molar-refractivity contribution >= 4 is 10.8 Å². The lowest BCUT2D eigenvalue weighted by atomic mass is 9.96. The van der Waals surface area contributed by atoms with Crippen molar-refractivity contribution in [2.45, 2.75) is 33.1 Å². The average Bonchev–Trinajstić information content (AvgIpc) is 2.60. The fraction of sp³-hybridized carbons (Fsp3) is 0.524. The molecule has 3 rings (SSSR count). The lowest BCUT2D eigenvalue weighted by Gasteiger charge is -2.27. The summed E-state index contributed by atoms with van der Waals surface area (Å²) in [5, 5.41) is 15.9. The molecular weight excluding hydrogens is 312 g/mol. The smallest absolute Gasteiger partial charge is 0.130 e. The van der Waals surface area contributed by atoms with Crippen LogP contribution in [0.3, 0.4) is 0 Å². The summed E-state index contributed by atoms with van der Waals surface area (Å²) in [7, 11) is 0. The summed E-state index contributed by atoms with van der Waals surface area (Å²) in [5.41, 5.74) is 2.10. The van der Waals surface area contributed by atoms with E-state index in [9.17, 15) is 5.11 Å². The quantitative estimate of drug-likeness (QED) is 0.787. The van der Waals surface area contributed by atoms with Gasteiger partial charge in [-0.1, -0.05) is 26.0 Å². The Hall–Kier alpha value is -1.78. The molecule has 0 aromatic heterocycles. The first-order chi connectivity index (χ1) is 12.1. The Labute approximate surface area is 150 Å². The van der Waals surface area contributed by atoms with E-state index >= 15 is 0 Å². The standard InChI is InChI=1S/C21H30N2O2/c1-15(2)18-13-17-6-5-16(3)21(19(17)14-20(18)24)25-12-4-9-23-10-7-22-8-11-23/h5-6,13-15,22,24H,4,7-12H2,1-3H3. The third-order valence-corrected chi connectivity index (χ3v) is 5.01. The molecule has 1 aliphatic heterocycles. The van der Waals surface area contributed by atoms with Crippen LogP contribution >= 0.6 is 0 Å².